The molecule has 118 valence electrons. The van der Waals surface area contributed by atoms with Gasteiger partial charge in [-0.25, -0.2) is 0 Å². The first-order valence-corrected chi connectivity index (χ1v) is 8.59. The average Bonchev–Trinajstić information content (AvgIpc) is 2.56. The quantitative estimate of drug-likeness (QED) is 0.774. The van der Waals surface area contributed by atoms with Gasteiger partial charge in [-0.05, 0) is 50.6 Å². The molecule has 1 aromatic rings. The molecule has 1 saturated carbocycles. The second-order valence-electron chi connectivity index (χ2n) is 6.37. The van der Waals surface area contributed by atoms with Crippen LogP contribution in [0.25, 0.3) is 0 Å². The molecule has 1 aliphatic rings. The molecule has 21 heavy (non-hydrogen) atoms. The fourth-order valence-corrected chi connectivity index (χ4v) is 3.79. The third-order valence-electron chi connectivity index (χ3n) is 4.98. The Hall–Kier alpha value is -0.860. The van der Waals surface area contributed by atoms with E-state index < -0.39 is 0 Å². The summed E-state index contributed by atoms with van der Waals surface area (Å²) in [6.07, 6.45) is 10.8. The van der Waals surface area contributed by atoms with Gasteiger partial charge in [0.1, 0.15) is 0 Å². The Morgan fingerprint density at radius 3 is 2.48 bits per heavy atom. The first-order chi connectivity index (χ1) is 10.3. The van der Waals surface area contributed by atoms with E-state index in [2.05, 4.69) is 42.7 Å². The molecule has 2 nitrogen and oxygen atoms in total. The van der Waals surface area contributed by atoms with Crippen LogP contribution >= 0.6 is 0 Å². The third kappa shape index (κ3) is 5.12. The lowest BCUT2D eigenvalue weighted by Gasteiger charge is -2.35. The topological polar surface area (TPSA) is 21.3 Å². The third-order valence-corrected chi connectivity index (χ3v) is 4.98. The van der Waals surface area contributed by atoms with Crippen molar-refractivity contribution in [3.63, 3.8) is 0 Å². The SMILES string of the molecule is CNC(CCCc1ccccc1)C(OC)C1CCCCC1. The Kier molecular flexibility index (Phi) is 7.25. The lowest BCUT2D eigenvalue weighted by molar-refractivity contribution is 0.00756. The maximum absolute atomic E-state index is 5.88. The monoisotopic (exact) mass is 289 g/mol. The van der Waals surface area contributed by atoms with Crippen molar-refractivity contribution in [2.45, 2.75) is 63.5 Å². The van der Waals surface area contributed by atoms with Crippen molar-refractivity contribution in [2.75, 3.05) is 14.2 Å². The minimum absolute atomic E-state index is 0.381. The van der Waals surface area contributed by atoms with E-state index in [1.54, 1.807) is 0 Å². The van der Waals surface area contributed by atoms with E-state index in [1.165, 1.54) is 56.9 Å². The molecule has 2 heteroatoms. The molecule has 1 fully saturated rings. The van der Waals surface area contributed by atoms with E-state index in [0.717, 1.165) is 5.92 Å². The summed E-state index contributed by atoms with van der Waals surface area (Å²) in [7, 11) is 3.98. The number of rotatable bonds is 8. The maximum Gasteiger partial charge on any atom is 0.0752 e. The molecule has 0 heterocycles. The van der Waals surface area contributed by atoms with Crippen molar-refractivity contribution in [3.05, 3.63) is 35.9 Å². The van der Waals surface area contributed by atoms with Crippen molar-refractivity contribution >= 4 is 0 Å². The minimum Gasteiger partial charge on any atom is -0.380 e. The number of hydrogen-bond acceptors (Lipinski definition) is 2. The molecular formula is C19H31NO. The first kappa shape index (κ1) is 16.5. The molecule has 0 aromatic heterocycles. The second-order valence-corrected chi connectivity index (χ2v) is 6.37. The number of hydrogen-bond donors (Lipinski definition) is 1. The molecule has 2 atom stereocenters. The van der Waals surface area contributed by atoms with Gasteiger partial charge in [0.25, 0.3) is 0 Å². The number of ether oxygens (including phenoxy) is 1. The smallest absolute Gasteiger partial charge is 0.0752 e. The number of likely N-dealkylation sites (N-methyl/N-ethyl adjacent to an activating group) is 1. The lowest BCUT2D eigenvalue weighted by Crippen LogP contribution is -2.44. The molecule has 1 aromatic carbocycles. The number of benzene rings is 1. The van der Waals surface area contributed by atoms with Gasteiger partial charge < -0.3 is 10.1 Å². The highest BCUT2D eigenvalue weighted by Crippen LogP contribution is 2.30. The molecule has 0 radical (unpaired) electrons. The van der Waals surface area contributed by atoms with Crippen LogP contribution in [0.5, 0.6) is 0 Å². The molecule has 0 aliphatic heterocycles. The van der Waals surface area contributed by atoms with Crippen molar-refractivity contribution in [3.8, 4) is 0 Å². The van der Waals surface area contributed by atoms with Gasteiger partial charge in [-0.15, -0.1) is 0 Å². The number of aryl methyl sites for hydroxylation is 1. The molecule has 0 amide bonds. The van der Waals surface area contributed by atoms with E-state index in [0.29, 0.717) is 12.1 Å². The van der Waals surface area contributed by atoms with Gasteiger partial charge in [0.05, 0.1) is 6.10 Å². The Balaban J connectivity index is 1.82. The maximum atomic E-state index is 5.88. The van der Waals surface area contributed by atoms with Crippen LogP contribution in [0.2, 0.25) is 0 Å². The van der Waals surface area contributed by atoms with Gasteiger partial charge in [-0.1, -0.05) is 49.6 Å². The Morgan fingerprint density at radius 1 is 1.14 bits per heavy atom. The van der Waals surface area contributed by atoms with Crippen LogP contribution in [0, 0.1) is 5.92 Å². The van der Waals surface area contributed by atoms with E-state index in [4.69, 9.17) is 4.74 Å². The zero-order chi connectivity index (χ0) is 14.9. The molecule has 0 bridgehead atoms. The fraction of sp³-hybridized carbons (Fsp3) is 0.684. The largest absolute Gasteiger partial charge is 0.380 e. The van der Waals surface area contributed by atoms with Gasteiger partial charge in [0.2, 0.25) is 0 Å². The van der Waals surface area contributed by atoms with Crippen LogP contribution in [-0.2, 0) is 11.2 Å². The summed E-state index contributed by atoms with van der Waals surface area (Å²) in [6, 6.07) is 11.3. The standard InChI is InChI=1S/C19H31NO/c1-20-18(15-9-12-16-10-5-3-6-11-16)19(21-2)17-13-7-4-8-14-17/h3,5-6,10-11,17-20H,4,7-9,12-15H2,1-2H3. The van der Waals surface area contributed by atoms with Gasteiger partial charge in [0.15, 0.2) is 0 Å². The second kappa shape index (κ2) is 9.22. The molecule has 1 N–H and O–H groups in total. The average molecular weight is 289 g/mol. The number of methoxy groups -OCH3 is 1. The molecule has 2 rings (SSSR count). The minimum atomic E-state index is 0.381. The van der Waals surface area contributed by atoms with Crippen LogP contribution in [0.1, 0.15) is 50.5 Å². The summed E-state index contributed by atoms with van der Waals surface area (Å²) < 4.78 is 5.88. The van der Waals surface area contributed by atoms with Crippen LogP contribution in [0.4, 0.5) is 0 Å². The highest BCUT2D eigenvalue weighted by Gasteiger charge is 2.29. The van der Waals surface area contributed by atoms with E-state index in [1.807, 2.05) is 7.11 Å². The highest BCUT2D eigenvalue weighted by atomic mass is 16.5. The first-order valence-electron chi connectivity index (χ1n) is 8.59. The fourth-order valence-electron chi connectivity index (χ4n) is 3.79. The summed E-state index contributed by atoms with van der Waals surface area (Å²) in [5.41, 5.74) is 1.44. The molecule has 2 unspecified atom stereocenters. The zero-order valence-corrected chi connectivity index (χ0v) is 13.7. The van der Waals surface area contributed by atoms with Crippen LogP contribution < -0.4 is 5.32 Å². The van der Waals surface area contributed by atoms with E-state index >= 15 is 0 Å². The highest BCUT2D eigenvalue weighted by molar-refractivity contribution is 5.14. The normalized spacial score (nSPS) is 19.3. The van der Waals surface area contributed by atoms with Crippen LogP contribution in [-0.4, -0.2) is 26.3 Å². The molecular weight excluding hydrogens is 258 g/mol. The van der Waals surface area contributed by atoms with Gasteiger partial charge >= 0.3 is 0 Å². The molecule has 1 aliphatic carbocycles. The van der Waals surface area contributed by atoms with Gasteiger partial charge in [-0.3, -0.25) is 0 Å². The number of nitrogens with one attached hydrogen (secondary N) is 1. The van der Waals surface area contributed by atoms with Crippen molar-refractivity contribution in [1.29, 1.82) is 0 Å². The predicted molar refractivity (Wildman–Crippen MR) is 89.6 cm³/mol. The lowest BCUT2D eigenvalue weighted by atomic mass is 9.81. The Bertz CT molecular complexity index is 372. The zero-order valence-electron chi connectivity index (χ0n) is 13.7. The molecule has 0 spiro atoms. The summed E-state index contributed by atoms with van der Waals surface area (Å²) in [5, 5.41) is 3.51. The molecule has 0 saturated heterocycles. The predicted octanol–water partition coefficient (Wildman–Crippen LogP) is 4.19. The van der Waals surface area contributed by atoms with Crippen molar-refractivity contribution in [2.24, 2.45) is 5.92 Å². The van der Waals surface area contributed by atoms with Crippen LogP contribution in [0.15, 0.2) is 30.3 Å². The summed E-state index contributed by atoms with van der Waals surface area (Å²) >= 11 is 0. The van der Waals surface area contributed by atoms with E-state index in [-0.39, 0.29) is 0 Å². The van der Waals surface area contributed by atoms with E-state index in [9.17, 15) is 0 Å². The summed E-state index contributed by atoms with van der Waals surface area (Å²) in [5.74, 6) is 0.748. The van der Waals surface area contributed by atoms with Gasteiger partial charge in [-0.2, -0.15) is 0 Å². The Morgan fingerprint density at radius 2 is 1.86 bits per heavy atom. The van der Waals surface area contributed by atoms with Crippen molar-refractivity contribution in [1.82, 2.24) is 5.32 Å². The Labute approximate surface area is 130 Å². The van der Waals surface area contributed by atoms with Crippen LogP contribution in [0.3, 0.4) is 0 Å². The summed E-state index contributed by atoms with van der Waals surface area (Å²) in [6.45, 7) is 0. The summed E-state index contributed by atoms with van der Waals surface area (Å²) in [4.78, 5) is 0. The van der Waals surface area contributed by atoms with Crippen molar-refractivity contribution < 1.29 is 4.74 Å². The van der Waals surface area contributed by atoms with Gasteiger partial charge in [0, 0.05) is 13.2 Å².